The minimum atomic E-state index is -1.88. The second kappa shape index (κ2) is 9.32. The van der Waals surface area contributed by atoms with Crippen molar-refractivity contribution in [2.24, 2.45) is 10.2 Å². The monoisotopic (exact) mass is 450 g/mol. The summed E-state index contributed by atoms with van der Waals surface area (Å²) in [5.41, 5.74) is 3.42. The number of hydrogen-bond acceptors (Lipinski definition) is 5. The maximum Gasteiger partial charge on any atom is 0.184 e. The number of para-hydroxylation sites is 2. The van der Waals surface area contributed by atoms with Crippen LogP contribution in [-0.4, -0.2) is 33.7 Å². The van der Waals surface area contributed by atoms with Crippen LogP contribution in [0.15, 0.2) is 70.9 Å². The predicted octanol–water partition coefficient (Wildman–Crippen LogP) is 6.13. The third-order valence-corrected chi connectivity index (χ3v) is 8.31. The average molecular weight is 451 g/mol. The van der Waals surface area contributed by atoms with E-state index in [1.54, 1.807) is 0 Å². The van der Waals surface area contributed by atoms with Crippen molar-refractivity contribution < 1.29 is 4.79 Å². The molecular formula is C24H34N4OSi2. The summed E-state index contributed by atoms with van der Waals surface area (Å²) in [4.78, 5) is 13.0. The molecular weight excluding hydrogens is 416 g/mol. The van der Waals surface area contributed by atoms with Crippen LogP contribution >= 0.6 is 0 Å². The van der Waals surface area contributed by atoms with Crippen LogP contribution in [0.1, 0.15) is 19.3 Å². The second-order valence-electron chi connectivity index (χ2n) is 9.91. The topological polar surface area (TPSA) is 48.3 Å². The predicted molar refractivity (Wildman–Crippen MR) is 138 cm³/mol. The standard InChI is InChI=1S/C24H34N4OSi2/c1-30(2,3)27(20-14-9-7-10-15-20)25-22-18-13-19-23(29)24(22)26-28(31(4,5)6)21-16-11-8-12-17-21/h7-12,14-17H,13,18-19H2,1-6H3. The van der Waals surface area contributed by atoms with Crippen LogP contribution in [0.2, 0.25) is 39.3 Å². The Bertz CT molecular complexity index is 961. The highest BCUT2D eigenvalue weighted by atomic mass is 28.3. The number of nitrogens with zero attached hydrogens (tertiary/aromatic N) is 4. The molecule has 2 aromatic rings. The Morgan fingerprint density at radius 3 is 1.58 bits per heavy atom. The van der Waals surface area contributed by atoms with Crippen LogP contribution in [0.4, 0.5) is 11.4 Å². The molecule has 1 fully saturated rings. The van der Waals surface area contributed by atoms with Gasteiger partial charge in [0.1, 0.15) is 5.71 Å². The highest BCUT2D eigenvalue weighted by Crippen LogP contribution is 2.26. The zero-order valence-electron chi connectivity index (χ0n) is 19.6. The van der Waals surface area contributed by atoms with Gasteiger partial charge in [0.2, 0.25) is 0 Å². The molecule has 0 spiro atoms. The van der Waals surface area contributed by atoms with E-state index in [2.05, 4.69) is 72.9 Å². The number of hydrogen-bond donors (Lipinski definition) is 0. The van der Waals surface area contributed by atoms with Crippen molar-refractivity contribution in [2.45, 2.75) is 58.5 Å². The first-order valence-corrected chi connectivity index (χ1v) is 17.9. The minimum Gasteiger partial charge on any atom is -0.295 e. The second-order valence-corrected chi connectivity index (χ2v) is 19.4. The Labute approximate surface area is 188 Å². The summed E-state index contributed by atoms with van der Waals surface area (Å²) in [6, 6.07) is 20.4. The average Bonchev–Trinajstić information content (AvgIpc) is 2.71. The number of ketones is 1. The molecule has 5 nitrogen and oxygen atoms in total. The number of hydrazone groups is 2. The fourth-order valence-corrected chi connectivity index (χ4v) is 6.24. The van der Waals surface area contributed by atoms with Gasteiger partial charge in [0.05, 0.1) is 5.71 Å². The van der Waals surface area contributed by atoms with E-state index < -0.39 is 16.5 Å². The van der Waals surface area contributed by atoms with E-state index in [-0.39, 0.29) is 5.78 Å². The molecule has 0 aliphatic heterocycles. The SMILES string of the molecule is C[Si](C)(C)N(N=C1CCCC(=O)C1=NN(c1ccccc1)[Si](C)(C)C)c1ccccc1. The Kier molecular flexibility index (Phi) is 6.96. The van der Waals surface area contributed by atoms with E-state index in [9.17, 15) is 4.79 Å². The van der Waals surface area contributed by atoms with Gasteiger partial charge in [0.25, 0.3) is 0 Å². The lowest BCUT2D eigenvalue weighted by Crippen LogP contribution is -2.47. The molecule has 0 saturated heterocycles. The van der Waals surface area contributed by atoms with Crippen molar-refractivity contribution in [2.75, 3.05) is 9.35 Å². The van der Waals surface area contributed by atoms with Crippen LogP contribution in [0.3, 0.4) is 0 Å². The van der Waals surface area contributed by atoms with Crippen molar-refractivity contribution in [1.29, 1.82) is 0 Å². The van der Waals surface area contributed by atoms with Gasteiger partial charge >= 0.3 is 0 Å². The van der Waals surface area contributed by atoms with Crippen molar-refractivity contribution >= 4 is 45.1 Å². The Morgan fingerprint density at radius 1 is 0.677 bits per heavy atom. The van der Waals surface area contributed by atoms with E-state index in [1.807, 2.05) is 36.4 Å². The summed E-state index contributed by atoms with van der Waals surface area (Å²) >= 11 is 0. The zero-order chi connectivity index (χ0) is 22.6. The zero-order valence-corrected chi connectivity index (χ0v) is 21.6. The summed E-state index contributed by atoms with van der Waals surface area (Å²) in [7, 11) is -3.71. The first-order valence-electron chi connectivity index (χ1n) is 11.0. The van der Waals surface area contributed by atoms with Gasteiger partial charge in [-0.3, -0.25) is 14.1 Å². The van der Waals surface area contributed by atoms with Gasteiger partial charge < -0.3 is 0 Å². The van der Waals surface area contributed by atoms with Gasteiger partial charge in [0, 0.05) is 17.8 Å². The van der Waals surface area contributed by atoms with E-state index in [4.69, 9.17) is 10.2 Å². The molecule has 164 valence electrons. The molecule has 3 rings (SSSR count). The van der Waals surface area contributed by atoms with Crippen molar-refractivity contribution in [1.82, 2.24) is 0 Å². The molecule has 0 amide bonds. The number of benzene rings is 2. The summed E-state index contributed by atoms with van der Waals surface area (Å²) in [5.74, 6) is 0.0905. The summed E-state index contributed by atoms with van der Waals surface area (Å²) in [5, 5.41) is 10.1. The fourth-order valence-electron chi connectivity index (χ4n) is 3.57. The van der Waals surface area contributed by atoms with E-state index in [0.29, 0.717) is 12.1 Å². The number of rotatable bonds is 6. The maximum absolute atomic E-state index is 13.0. The molecule has 1 saturated carbocycles. The van der Waals surface area contributed by atoms with Gasteiger partial charge in [-0.2, -0.15) is 10.2 Å². The molecule has 0 aromatic heterocycles. The lowest BCUT2D eigenvalue weighted by molar-refractivity contribution is -0.113. The normalized spacial score (nSPS) is 17.8. The Balaban J connectivity index is 2.11. The Morgan fingerprint density at radius 2 is 1.13 bits per heavy atom. The summed E-state index contributed by atoms with van der Waals surface area (Å²) in [6.45, 7) is 13.5. The van der Waals surface area contributed by atoms with E-state index in [1.165, 1.54) is 0 Å². The van der Waals surface area contributed by atoms with Crippen LogP contribution < -0.4 is 9.35 Å². The van der Waals surface area contributed by atoms with Crippen molar-refractivity contribution in [3.05, 3.63) is 60.7 Å². The molecule has 0 unspecified atom stereocenters. The van der Waals surface area contributed by atoms with Gasteiger partial charge in [0.15, 0.2) is 22.3 Å². The first kappa shape index (κ1) is 23.2. The highest BCUT2D eigenvalue weighted by Gasteiger charge is 2.32. The molecule has 7 heteroatoms. The van der Waals surface area contributed by atoms with Crippen LogP contribution in [0, 0.1) is 0 Å². The number of carbonyl (C=O) groups is 1. The van der Waals surface area contributed by atoms with Gasteiger partial charge in [-0.1, -0.05) is 36.4 Å². The molecule has 1 aliphatic rings. The fraction of sp³-hybridized carbons (Fsp3) is 0.375. The minimum absolute atomic E-state index is 0.0905. The molecule has 0 bridgehead atoms. The Hall–Kier alpha value is -2.52. The summed E-state index contributed by atoms with van der Waals surface area (Å²) in [6.07, 6.45) is 2.13. The highest BCUT2D eigenvalue weighted by molar-refractivity contribution is 6.81. The number of carbonyl (C=O) groups excluding carboxylic acids is 1. The van der Waals surface area contributed by atoms with E-state index >= 15 is 0 Å². The van der Waals surface area contributed by atoms with Crippen molar-refractivity contribution in [3.8, 4) is 0 Å². The number of Topliss-reactive ketones (excluding diaryl/α,β-unsaturated/α-hetero) is 1. The van der Waals surface area contributed by atoms with Gasteiger partial charge in [-0.25, -0.2) is 0 Å². The van der Waals surface area contributed by atoms with Crippen LogP contribution in [-0.2, 0) is 4.79 Å². The quantitative estimate of drug-likeness (QED) is 0.392. The molecule has 0 N–H and O–H groups in total. The van der Waals surface area contributed by atoms with E-state index in [0.717, 1.165) is 29.9 Å². The largest absolute Gasteiger partial charge is 0.295 e. The van der Waals surface area contributed by atoms with Crippen LogP contribution in [0.25, 0.3) is 0 Å². The molecule has 31 heavy (non-hydrogen) atoms. The molecule has 0 radical (unpaired) electrons. The van der Waals surface area contributed by atoms with Gasteiger partial charge in [-0.05, 0) is 76.4 Å². The summed E-state index contributed by atoms with van der Waals surface area (Å²) < 4.78 is 4.24. The van der Waals surface area contributed by atoms with Gasteiger partial charge in [-0.15, -0.1) is 0 Å². The molecule has 2 aromatic carbocycles. The lowest BCUT2D eigenvalue weighted by Gasteiger charge is -2.34. The lowest BCUT2D eigenvalue weighted by atomic mass is 9.95. The third kappa shape index (κ3) is 5.80. The molecule has 0 atom stereocenters. The number of anilines is 2. The smallest absolute Gasteiger partial charge is 0.184 e. The van der Waals surface area contributed by atoms with Crippen LogP contribution in [0.5, 0.6) is 0 Å². The maximum atomic E-state index is 13.0. The van der Waals surface area contributed by atoms with Crippen molar-refractivity contribution in [3.63, 3.8) is 0 Å². The first-order chi connectivity index (χ1) is 14.6. The molecule has 1 aliphatic carbocycles. The third-order valence-electron chi connectivity index (χ3n) is 5.05. The molecule has 0 heterocycles.